The number of amides is 1. The largest absolute Gasteiger partial charge is 0.493 e. The van der Waals surface area contributed by atoms with Gasteiger partial charge >= 0.3 is 0 Å². The smallest absolute Gasteiger partial charge is 0.227 e. The van der Waals surface area contributed by atoms with Crippen molar-refractivity contribution in [1.29, 1.82) is 0 Å². The van der Waals surface area contributed by atoms with E-state index in [1.54, 1.807) is 14.2 Å². The quantitative estimate of drug-likeness (QED) is 0.149. The van der Waals surface area contributed by atoms with Gasteiger partial charge in [0.2, 0.25) is 5.91 Å². The molecule has 1 amide bonds. The summed E-state index contributed by atoms with van der Waals surface area (Å²) in [5, 5.41) is 24.4. The van der Waals surface area contributed by atoms with E-state index in [4.69, 9.17) is 14.2 Å². The maximum absolute atomic E-state index is 15.2. The second-order valence-electron chi connectivity index (χ2n) is 18.9. The van der Waals surface area contributed by atoms with Gasteiger partial charge in [-0.05, 0) is 104 Å². The summed E-state index contributed by atoms with van der Waals surface area (Å²) in [7, 11) is 3.19. The van der Waals surface area contributed by atoms with Gasteiger partial charge in [-0.15, -0.1) is 0 Å². The van der Waals surface area contributed by atoms with Crippen molar-refractivity contribution < 1.29 is 34.0 Å². The zero-order valence-electron chi connectivity index (χ0n) is 34.5. The molecular formula is C50H59NO7. The number of ether oxygens (including phenoxy) is 3. The summed E-state index contributed by atoms with van der Waals surface area (Å²) < 4.78 is 17.1. The minimum absolute atomic E-state index is 0.0219. The van der Waals surface area contributed by atoms with E-state index >= 15 is 4.79 Å². The Labute approximate surface area is 343 Å². The van der Waals surface area contributed by atoms with Crippen molar-refractivity contribution in [2.75, 3.05) is 33.9 Å². The van der Waals surface area contributed by atoms with Gasteiger partial charge in [-0.2, -0.15) is 0 Å². The number of ketones is 1. The van der Waals surface area contributed by atoms with Crippen LogP contribution in [0.5, 0.6) is 11.5 Å². The van der Waals surface area contributed by atoms with Crippen molar-refractivity contribution >= 4 is 11.7 Å². The van der Waals surface area contributed by atoms with E-state index in [0.717, 1.165) is 67.2 Å². The fraction of sp³-hybridized carbons (Fsp3) is 0.520. The number of benzene rings is 3. The zero-order chi connectivity index (χ0) is 40.5. The predicted molar refractivity (Wildman–Crippen MR) is 224 cm³/mol. The molecule has 2 N–H and O–H groups in total. The first-order valence-corrected chi connectivity index (χ1v) is 21.5. The molecule has 7 aliphatic rings. The highest BCUT2D eigenvalue weighted by atomic mass is 16.5. The van der Waals surface area contributed by atoms with Crippen LogP contribution in [0.2, 0.25) is 0 Å². The van der Waals surface area contributed by atoms with Crippen molar-refractivity contribution in [3.8, 4) is 22.6 Å². The number of allylic oxidation sites excluding steroid dienone is 4. The van der Waals surface area contributed by atoms with Crippen molar-refractivity contribution in [3.63, 3.8) is 0 Å². The van der Waals surface area contributed by atoms with Crippen LogP contribution in [0.15, 0.2) is 96.6 Å². The van der Waals surface area contributed by atoms with E-state index in [1.165, 1.54) is 0 Å². The first-order chi connectivity index (χ1) is 27.9. The lowest BCUT2D eigenvalue weighted by Gasteiger charge is -2.71. The van der Waals surface area contributed by atoms with Gasteiger partial charge in [-0.1, -0.05) is 92.7 Å². The fourth-order valence-electron chi connectivity index (χ4n) is 13.1. The average molecular weight is 786 g/mol. The number of rotatable bonds is 11. The van der Waals surface area contributed by atoms with E-state index in [0.29, 0.717) is 43.1 Å². The number of carbonyl (C=O) groups excluding carboxylic acids is 2. The number of hydrogen-bond donors (Lipinski definition) is 2. The number of nitrogens with zero attached hydrogens (tertiary/aromatic N) is 1. The van der Waals surface area contributed by atoms with Crippen molar-refractivity contribution in [2.24, 2.45) is 33.5 Å². The van der Waals surface area contributed by atoms with E-state index in [1.807, 2.05) is 65.6 Å². The van der Waals surface area contributed by atoms with Crippen LogP contribution in [0.25, 0.3) is 11.1 Å². The maximum atomic E-state index is 15.2. The number of carbonyl (C=O) groups is 2. The molecule has 3 saturated carbocycles. The number of aliphatic hydroxyl groups excluding tert-OH is 1. The molecule has 8 nitrogen and oxygen atoms in total. The summed E-state index contributed by atoms with van der Waals surface area (Å²) in [6.45, 7) is 5.96. The lowest BCUT2D eigenvalue weighted by Crippen LogP contribution is -2.67. The molecule has 58 heavy (non-hydrogen) atoms. The molecule has 9 atom stereocenters. The van der Waals surface area contributed by atoms with E-state index in [9.17, 15) is 15.0 Å². The Morgan fingerprint density at radius 1 is 0.828 bits per heavy atom. The number of Topliss-reactive ketones (excluding diaryl/α,β-unsaturated/α-hetero) is 1. The van der Waals surface area contributed by atoms with Crippen LogP contribution in [-0.2, 0) is 16.0 Å². The van der Waals surface area contributed by atoms with Gasteiger partial charge < -0.3 is 29.3 Å². The van der Waals surface area contributed by atoms with Gasteiger partial charge in [0.25, 0.3) is 0 Å². The van der Waals surface area contributed by atoms with Gasteiger partial charge in [-0.3, -0.25) is 9.59 Å². The Hall–Kier alpha value is -4.24. The summed E-state index contributed by atoms with van der Waals surface area (Å²) in [5.41, 5.74) is 1.59. The van der Waals surface area contributed by atoms with E-state index < -0.39 is 27.9 Å². The van der Waals surface area contributed by atoms with Gasteiger partial charge in [0, 0.05) is 40.5 Å². The Kier molecular flexibility index (Phi) is 9.80. The molecule has 306 valence electrons. The molecule has 3 aromatic rings. The molecule has 0 radical (unpaired) electrons. The highest BCUT2D eigenvalue weighted by Gasteiger charge is 2.74. The Morgan fingerprint density at radius 2 is 1.53 bits per heavy atom. The van der Waals surface area contributed by atoms with Crippen LogP contribution in [0.1, 0.15) is 87.6 Å². The molecule has 10 rings (SSSR count). The molecule has 9 unspecified atom stereocenters. The molecule has 2 spiro atoms. The van der Waals surface area contributed by atoms with Crippen molar-refractivity contribution in [2.45, 2.75) is 95.9 Å². The molecule has 1 heterocycles. The summed E-state index contributed by atoms with van der Waals surface area (Å²) >= 11 is 0. The first-order valence-electron chi connectivity index (χ1n) is 21.5. The monoisotopic (exact) mass is 785 g/mol. The van der Waals surface area contributed by atoms with Gasteiger partial charge in [0.15, 0.2) is 17.3 Å². The Morgan fingerprint density at radius 3 is 2.26 bits per heavy atom. The van der Waals surface area contributed by atoms with Crippen molar-refractivity contribution in [3.05, 3.63) is 108 Å². The zero-order valence-corrected chi connectivity index (χ0v) is 34.5. The van der Waals surface area contributed by atoms with Crippen LogP contribution in [-0.4, -0.2) is 78.5 Å². The third kappa shape index (κ3) is 5.95. The topological polar surface area (TPSA) is 106 Å². The second kappa shape index (κ2) is 14.5. The summed E-state index contributed by atoms with van der Waals surface area (Å²) in [5.74, 6) is 1.32. The standard InChI is InChI=1S/C50H59NO7/c1-46-21-18-37(52)29-48(46)24-25-50(39(30-48)45(54)36-15-13-35(14-16-36)34-9-6-5-7-10-34)42(46)19-22-47(2)43(50)20-23-49(47,55)32-51(31-38-11-8-26-58-38)44(53)28-33-12-17-40(56-3)41(27-33)57-4/h5-7,9-10,12-17,24-25,27,30,37-38,42-43,52,55H,8,11,18-23,26,28-29,31-32H2,1-4H3. The van der Waals surface area contributed by atoms with Gasteiger partial charge in [-0.25, -0.2) is 0 Å². The van der Waals surface area contributed by atoms with Crippen LogP contribution >= 0.6 is 0 Å². The van der Waals surface area contributed by atoms with E-state index in [2.05, 4.69) is 44.2 Å². The lowest BCUT2D eigenvalue weighted by atomic mass is 9.32. The third-order valence-electron chi connectivity index (χ3n) is 16.3. The molecule has 4 fully saturated rings. The first kappa shape index (κ1) is 39.2. The highest BCUT2D eigenvalue weighted by Crippen LogP contribution is 2.78. The van der Waals surface area contributed by atoms with Crippen LogP contribution in [0.4, 0.5) is 0 Å². The number of hydrogen-bond acceptors (Lipinski definition) is 7. The third-order valence-corrected chi connectivity index (χ3v) is 16.3. The molecule has 1 aliphatic heterocycles. The fourth-order valence-corrected chi connectivity index (χ4v) is 13.1. The predicted octanol–water partition coefficient (Wildman–Crippen LogP) is 8.39. The minimum atomic E-state index is -1.18. The van der Waals surface area contributed by atoms with Gasteiger partial charge in [0.05, 0.1) is 45.0 Å². The SMILES string of the molecule is COc1ccc(CC(=O)N(CC2CCCO2)CC2(O)CCC3C45C=CC6(C=C4C(=O)c4ccc(-c7ccccc7)cc4)CC(O)CCC6(C)C5CCC32C)cc1OC. The van der Waals surface area contributed by atoms with Crippen LogP contribution < -0.4 is 9.47 Å². The number of aliphatic hydroxyl groups is 2. The molecule has 3 aromatic carbocycles. The maximum Gasteiger partial charge on any atom is 0.227 e. The molecule has 0 aromatic heterocycles. The number of methoxy groups -OCH3 is 2. The Bertz CT molecular complexity index is 2120. The lowest BCUT2D eigenvalue weighted by molar-refractivity contribution is -0.179. The minimum Gasteiger partial charge on any atom is -0.493 e. The van der Waals surface area contributed by atoms with Crippen LogP contribution in [0, 0.1) is 33.5 Å². The highest BCUT2D eigenvalue weighted by molar-refractivity contribution is 6.10. The molecular weight excluding hydrogens is 727 g/mol. The normalized spacial score (nSPS) is 35.7. The van der Waals surface area contributed by atoms with Crippen molar-refractivity contribution in [1.82, 2.24) is 4.90 Å². The molecule has 1 saturated heterocycles. The summed E-state index contributed by atoms with van der Waals surface area (Å²) in [4.78, 5) is 31.5. The van der Waals surface area contributed by atoms with Gasteiger partial charge in [0.1, 0.15) is 0 Å². The molecule has 6 aliphatic carbocycles. The van der Waals surface area contributed by atoms with E-state index in [-0.39, 0.29) is 48.0 Å². The van der Waals surface area contributed by atoms with Crippen LogP contribution in [0.3, 0.4) is 0 Å². The average Bonchev–Trinajstić information content (AvgIpc) is 3.85. The molecule has 2 bridgehead atoms. The second-order valence-corrected chi connectivity index (χ2v) is 18.9. The molecule has 8 heteroatoms. The summed E-state index contributed by atoms with van der Waals surface area (Å²) in [6, 6.07) is 23.8. The number of fused-ring (bicyclic) bond motifs is 1. The Balaban J connectivity index is 1.07. The summed E-state index contributed by atoms with van der Waals surface area (Å²) in [6.07, 6.45) is 13.7.